The van der Waals surface area contributed by atoms with Gasteiger partial charge >= 0.3 is 0 Å². The lowest BCUT2D eigenvalue weighted by atomic mass is 9.98. The van der Waals surface area contributed by atoms with Crippen LogP contribution >= 0.6 is 0 Å². The van der Waals surface area contributed by atoms with Crippen LogP contribution in [0.4, 0.5) is 11.4 Å². The zero-order valence-electron chi connectivity index (χ0n) is 19.4. The van der Waals surface area contributed by atoms with Crippen LogP contribution < -0.4 is 15.0 Å². The molecule has 1 N–H and O–H groups in total. The first-order chi connectivity index (χ1) is 16.6. The summed E-state index contributed by atoms with van der Waals surface area (Å²) in [6.07, 6.45) is 3.02. The number of carbonyl (C=O) groups excluding carboxylic acids is 2. The number of ether oxygens (including phenoxy) is 1. The molecule has 2 heterocycles. The first kappa shape index (κ1) is 22.0. The highest BCUT2D eigenvalue weighted by Crippen LogP contribution is 2.31. The molecule has 3 aromatic carbocycles. The standard InChI is InChI=1S/C28H29N3O3/c1-34-24-11-8-21(9-12-24)27(32)29-23-10-13-26(25(18-23)28(33)30-15-4-5-16-30)31-17-14-20-6-2-3-7-22(20)19-31/h2-3,6-13,18H,4-5,14-17,19H2,1H3,(H,29,32). The normalized spacial score (nSPS) is 15.1. The molecule has 0 unspecified atom stereocenters. The monoisotopic (exact) mass is 455 g/mol. The maximum Gasteiger partial charge on any atom is 0.256 e. The Kier molecular flexibility index (Phi) is 6.21. The van der Waals surface area contributed by atoms with Gasteiger partial charge in [0.25, 0.3) is 11.8 Å². The van der Waals surface area contributed by atoms with Crippen LogP contribution in [0.25, 0.3) is 0 Å². The van der Waals surface area contributed by atoms with Gasteiger partial charge in [0.05, 0.1) is 12.7 Å². The molecule has 1 fully saturated rings. The van der Waals surface area contributed by atoms with E-state index in [4.69, 9.17) is 4.74 Å². The van der Waals surface area contributed by atoms with Gasteiger partial charge in [-0.1, -0.05) is 24.3 Å². The van der Waals surface area contributed by atoms with E-state index in [0.717, 1.165) is 51.1 Å². The molecule has 0 aliphatic carbocycles. The molecule has 0 saturated carbocycles. The maximum atomic E-state index is 13.5. The van der Waals surface area contributed by atoms with Crippen molar-refractivity contribution in [2.45, 2.75) is 25.8 Å². The summed E-state index contributed by atoms with van der Waals surface area (Å²) in [5.41, 5.74) is 5.39. The van der Waals surface area contributed by atoms with Crippen LogP contribution in [0.3, 0.4) is 0 Å². The molecule has 0 aromatic heterocycles. The third kappa shape index (κ3) is 4.49. The molecule has 1 saturated heterocycles. The third-order valence-electron chi connectivity index (χ3n) is 6.70. The highest BCUT2D eigenvalue weighted by molar-refractivity contribution is 6.06. The molecule has 0 radical (unpaired) electrons. The van der Waals surface area contributed by atoms with Crippen LogP contribution in [0, 0.1) is 0 Å². The minimum atomic E-state index is -0.220. The minimum absolute atomic E-state index is 0.0342. The smallest absolute Gasteiger partial charge is 0.256 e. The van der Waals surface area contributed by atoms with Crippen LogP contribution in [-0.2, 0) is 13.0 Å². The zero-order valence-corrected chi connectivity index (χ0v) is 19.4. The van der Waals surface area contributed by atoms with Crippen molar-refractivity contribution < 1.29 is 14.3 Å². The van der Waals surface area contributed by atoms with Gasteiger partial charge in [0.2, 0.25) is 0 Å². The molecule has 3 aromatic rings. The zero-order chi connectivity index (χ0) is 23.5. The maximum absolute atomic E-state index is 13.5. The summed E-state index contributed by atoms with van der Waals surface area (Å²) in [5, 5.41) is 2.96. The Labute approximate surface area is 200 Å². The second-order valence-electron chi connectivity index (χ2n) is 8.85. The fourth-order valence-corrected chi connectivity index (χ4v) is 4.80. The summed E-state index contributed by atoms with van der Waals surface area (Å²) in [4.78, 5) is 30.5. The van der Waals surface area contributed by atoms with Crippen LogP contribution in [-0.4, -0.2) is 43.5 Å². The largest absolute Gasteiger partial charge is 0.497 e. The Morgan fingerprint density at radius 1 is 0.882 bits per heavy atom. The number of nitrogens with zero attached hydrogens (tertiary/aromatic N) is 2. The predicted molar refractivity (Wildman–Crippen MR) is 134 cm³/mol. The van der Waals surface area contributed by atoms with E-state index in [2.05, 4.69) is 34.5 Å². The highest BCUT2D eigenvalue weighted by atomic mass is 16.5. The van der Waals surface area contributed by atoms with Gasteiger partial charge < -0.3 is 19.9 Å². The topological polar surface area (TPSA) is 61.9 Å². The van der Waals surface area contributed by atoms with E-state index in [1.165, 1.54) is 11.1 Å². The van der Waals surface area contributed by atoms with Gasteiger partial charge in [-0.25, -0.2) is 0 Å². The Bertz CT molecular complexity index is 1200. The molecule has 2 aliphatic rings. The molecule has 174 valence electrons. The van der Waals surface area contributed by atoms with Crippen molar-refractivity contribution in [2.75, 3.05) is 37.0 Å². The van der Waals surface area contributed by atoms with Crippen molar-refractivity contribution >= 4 is 23.2 Å². The van der Waals surface area contributed by atoms with Gasteiger partial charge in [0, 0.05) is 43.1 Å². The highest BCUT2D eigenvalue weighted by Gasteiger charge is 2.26. The summed E-state index contributed by atoms with van der Waals surface area (Å²) in [7, 11) is 1.59. The fourth-order valence-electron chi connectivity index (χ4n) is 4.80. The minimum Gasteiger partial charge on any atom is -0.497 e. The molecule has 6 heteroatoms. The molecule has 0 spiro atoms. The number of hydrogen-bond donors (Lipinski definition) is 1. The number of fused-ring (bicyclic) bond motifs is 1. The van der Waals surface area contributed by atoms with Crippen LogP contribution in [0.2, 0.25) is 0 Å². The number of methoxy groups -OCH3 is 1. The SMILES string of the molecule is COc1ccc(C(=O)Nc2ccc(N3CCc4ccccc4C3)c(C(=O)N3CCCC3)c2)cc1. The molecule has 2 aliphatic heterocycles. The van der Waals surface area contributed by atoms with Crippen LogP contribution in [0.1, 0.15) is 44.7 Å². The van der Waals surface area contributed by atoms with E-state index in [9.17, 15) is 9.59 Å². The van der Waals surface area contributed by atoms with Gasteiger partial charge in [-0.15, -0.1) is 0 Å². The summed E-state index contributed by atoms with van der Waals surface area (Å²) >= 11 is 0. The van der Waals surface area contributed by atoms with Crippen molar-refractivity contribution in [3.8, 4) is 5.75 Å². The fraction of sp³-hybridized carbons (Fsp3) is 0.286. The molecule has 0 bridgehead atoms. The van der Waals surface area contributed by atoms with E-state index < -0.39 is 0 Å². The lowest BCUT2D eigenvalue weighted by Crippen LogP contribution is -2.34. The van der Waals surface area contributed by atoms with E-state index >= 15 is 0 Å². The number of benzene rings is 3. The van der Waals surface area contributed by atoms with Crippen LogP contribution in [0.5, 0.6) is 5.75 Å². The molecule has 2 amide bonds. The number of likely N-dealkylation sites (tertiary alicyclic amines) is 1. The van der Waals surface area contributed by atoms with Crippen molar-refractivity contribution in [1.82, 2.24) is 4.90 Å². The van der Waals surface area contributed by atoms with Gasteiger partial charge in [0.15, 0.2) is 0 Å². The quantitative estimate of drug-likeness (QED) is 0.603. The number of anilines is 2. The first-order valence-electron chi connectivity index (χ1n) is 11.8. The Morgan fingerprint density at radius 2 is 1.62 bits per heavy atom. The van der Waals surface area contributed by atoms with Crippen molar-refractivity contribution in [1.29, 1.82) is 0 Å². The van der Waals surface area contributed by atoms with Gasteiger partial charge in [-0.2, -0.15) is 0 Å². The average molecular weight is 456 g/mol. The predicted octanol–water partition coefficient (Wildman–Crippen LogP) is 4.75. The lowest BCUT2D eigenvalue weighted by Gasteiger charge is -2.33. The number of hydrogen-bond acceptors (Lipinski definition) is 4. The van der Waals surface area contributed by atoms with E-state index in [-0.39, 0.29) is 11.8 Å². The second kappa shape index (κ2) is 9.59. The lowest BCUT2D eigenvalue weighted by molar-refractivity contribution is 0.0793. The number of rotatable bonds is 5. The first-order valence-corrected chi connectivity index (χ1v) is 11.8. The number of amides is 2. The van der Waals surface area contributed by atoms with E-state index in [1.54, 1.807) is 31.4 Å². The summed E-state index contributed by atoms with van der Waals surface area (Å²) in [6, 6.07) is 21.1. The molecular weight excluding hydrogens is 426 g/mol. The molecule has 34 heavy (non-hydrogen) atoms. The molecular formula is C28H29N3O3. The van der Waals surface area contributed by atoms with Gasteiger partial charge in [0.1, 0.15) is 5.75 Å². The second-order valence-corrected chi connectivity index (χ2v) is 8.85. The Morgan fingerprint density at radius 3 is 2.35 bits per heavy atom. The van der Waals surface area contributed by atoms with Crippen molar-refractivity contribution in [3.05, 3.63) is 89.0 Å². The van der Waals surface area contributed by atoms with Crippen LogP contribution in [0.15, 0.2) is 66.7 Å². The van der Waals surface area contributed by atoms with E-state index in [1.807, 2.05) is 23.1 Å². The number of nitrogens with one attached hydrogen (secondary N) is 1. The molecule has 5 rings (SSSR count). The summed E-state index contributed by atoms with van der Waals surface area (Å²) in [5.74, 6) is 0.510. The molecule has 6 nitrogen and oxygen atoms in total. The summed E-state index contributed by atoms with van der Waals surface area (Å²) in [6.45, 7) is 3.19. The van der Waals surface area contributed by atoms with Gasteiger partial charge in [-0.3, -0.25) is 9.59 Å². The average Bonchev–Trinajstić information content (AvgIpc) is 3.43. The third-order valence-corrected chi connectivity index (χ3v) is 6.70. The Balaban J connectivity index is 1.43. The van der Waals surface area contributed by atoms with Crippen molar-refractivity contribution in [3.63, 3.8) is 0 Å². The van der Waals surface area contributed by atoms with E-state index in [0.29, 0.717) is 22.6 Å². The van der Waals surface area contributed by atoms with Crippen molar-refractivity contribution in [2.24, 2.45) is 0 Å². The summed E-state index contributed by atoms with van der Waals surface area (Å²) < 4.78 is 5.17. The molecule has 0 atom stereocenters. The number of carbonyl (C=O) groups is 2. The van der Waals surface area contributed by atoms with Gasteiger partial charge in [-0.05, 0) is 72.9 Å². The Hall–Kier alpha value is -3.80.